The van der Waals surface area contributed by atoms with E-state index in [0.29, 0.717) is 24.4 Å². The summed E-state index contributed by atoms with van der Waals surface area (Å²) < 4.78 is 18.5. The van der Waals surface area contributed by atoms with Crippen LogP contribution in [-0.4, -0.2) is 55.7 Å². The fourth-order valence-corrected chi connectivity index (χ4v) is 3.20. The highest BCUT2D eigenvalue weighted by Crippen LogP contribution is 2.13. The monoisotopic (exact) mass is 378 g/mol. The van der Waals surface area contributed by atoms with Crippen molar-refractivity contribution in [2.24, 2.45) is 4.99 Å². The number of piperidine rings is 1. The van der Waals surface area contributed by atoms with Crippen molar-refractivity contribution in [3.8, 4) is 5.75 Å². The molecule has 152 valence electrons. The molecule has 1 aromatic carbocycles. The molecule has 27 heavy (non-hydrogen) atoms. The Hall–Kier alpha value is -1.82. The molecule has 2 N–H and O–H groups in total. The highest BCUT2D eigenvalue weighted by Gasteiger charge is 2.21. The van der Waals surface area contributed by atoms with Gasteiger partial charge in [0.1, 0.15) is 11.6 Å². The quantitative estimate of drug-likeness (QED) is 0.393. The Balaban J connectivity index is 1.65. The van der Waals surface area contributed by atoms with Crippen molar-refractivity contribution in [3.63, 3.8) is 0 Å². The van der Waals surface area contributed by atoms with Crippen LogP contribution in [0.3, 0.4) is 0 Å². The van der Waals surface area contributed by atoms with Gasteiger partial charge in [-0.05, 0) is 70.7 Å². The van der Waals surface area contributed by atoms with Gasteiger partial charge in [-0.2, -0.15) is 0 Å². The van der Waals surface area contributed by atoms with Gasteiger partial charge in [-0.1, -0.05) is 0 Å². The first-order chi connectivity index (χ1) is 13.1. The number of ether oxygens (including phenoxy) is 1. The third-order valence-electron chi connectivity index (χ3n) is 4.85. The lowest BCUT2D eigenvalue weighted by Gasteiger charge is -2.35. The van der Waals surface area contributed by atoms with Crippen molar-refractivity contribution in [2.45, 2.75) is 58.5 Å². The fraction of sp³-hybridized carbons (Fsp3) is 0.667. The number of nitrogens with one attached hydrogen (secondary N) is 2. The van der Waals surface area contributed by atoms with Crippen LogP contribution in [0.2, 0.25) is 0 Å². The summed E-state index contributed by atoms with van der Waals surface area (Å²) in [6.07, 6.45) is 4.21. The van der Waals surface area contributed by atoms with Crippen LogP contribution >= 0.6 is 0 Å². The van der Waals surface area contributed by atoms with E-state index in [1.807, 2.05) is 0 Å². The number of benzene rings is 1. The summed E-state index contributed by atoms with van der Waals surface area (Å²) >= 11 is 0. The van der Waals surface area contributed by atoms with Crippen molar-refractivity contribution in [3.05, 3.63) is 30.1 Å². The first-order valence-electron chi connectivity index (χ1n) is 10.3. The number of halogens is 1. The van der Waals surface area contributed by atoms with Gasteiger partial charge in [0, 0.05) is 38.3 Å². The van der Waals surface area contributed by atoms with Gasteiger partial charge in [0.25, 0.3) is 0 Å². The van der Waals surface area contributed by atoms with Crippen LogP contribution in [0.15, 0.2) is 29.3 Å². The van der Waals surface area contributed by atoms with E-state index >= 15 is 0 Å². The van der Waals surface area contributed by atoms with Crippen molar-refractivity contribution in [1.29, 1.82) is 0 Å². The molecule has 5 nitrogen and oxygen atoms in total. The normalized spacial score (nSPS) is 16.6. The second kappa shape index (κ2) is 11.8. The molecule has 1 fully saturated rings. The van der Waals surface area contributed by atoms with E-state index < -0.39 is 0 Å². The van der Waals surface area contributed by atoms with E-state index in [1.165, 1.54) is 12.1 Å². The van der Waals surface area contributed by atoms with Gasteiger partial charge in [-0.3, -0.25) is 4.99 Å². The zero-order valence-corrected chi connectivity index (χ0v) is 17.0. The van der Waals surface area contributed by atoms with Gasteiger partial charge in [-0.15, -0.1) is 0 Å². The molecule has 6 heteroatoms. The molecule has 0 saturated carbocycles. The molecular formula is C21H35FN4O. The van der Waals surface area contributed by atoms with Crippen LogP contribution in [-0.2, 0) is 0 Å². The maximum Gasteiger partial charge on any atom is 0.191 e. The molecular weight excluding hydrogens is 343 g/mol. The van der Waals surface area contributed by atoms with Crippen LogP contribution in [0, 0.1) is 5.82 Å². The molecule has 0 aromatic heterocycles. The Morgan fingerprint density at radius 2 is 1.93 bits per heavy atom. The molecule has 2 rings (SSSR count). The number of hydrogen-bond acceptors (Lipinski definition) is 3. The number of guanidine groups is 1. The van der Waals surface area contributed by atoms with E-state index in [9.17, 15) is 4.39 Å². The Bertz CT molecular complexity index is 554. The van der Waals surface area contributed by atoms with Crippen LogP contribution in [0.4, 0.5) is 4.39 Å². The summed E-state index contributed by atoms with van der Waals surface area (Å²) in [6.45, 7) is 11.2. The molecule has 1 aromatic rings. The Morgan fingerprint density at radius 3 is 2.56 bits per heavy atom. The van der Waals surface area contributed by atoms with Crippen molar-refractivity contribution >= 4 is 5.96 Å². The predicted octanol–water partition coefficient (Wildman–Crippen LogP) is 3.41. The molecule has 0 atom stereocenters. The third kappa shape index (κ3) is 8.16. The first-order valence-corrected chi connectivity index (χ1v) is 10.3. The van der Waals surface area contributed by atoms with E-state index in [0.717, 1.165) is 57.8 Å². The maximum absolute atomic E-state index is 12.9. The number of unbranched alkanes of at least 4 members (excludes halogenated alkanes) is 1. The maximum atomic E-state index is 12.9. The van der Waals surface area contributed by atoms with Crippen LogP contribution < -0.4 is 15.4 Å². The van der Waals surface area contributed by atoms with Crippen molar-refractivity contribution in [1.82, 2.24) is 15.5 Å². The highest BCUT2D eigenvalue weighted by molar-refractivity contribution is 5.80. The lowest BCUT2D eigenvalue weighted by Crippen LogP contribution is -2.49. The first kappa shape index (κ1) is 21.5. The molecule has 0 radical (unpaired) electrons. The molecule has 1 saturated heterocycles. The number of aliphatic imine (C=N–C) groups is 1. The minimum Gasteiger partial charge on any atom is -0.494 e. The summed E-state index contributed by atoms with van der Waals surface area (Å²) in [7, 11) is 0. The summed E-state index contributed by atoms with van der Waals surface area (Å²) in [5, 5.41) is 6.93. The Kier molecular flexibility index (Phi) is 9.39. The summed E-state index contributed by atoms with van der Waals surface area (Å²) in [5.41, 5.74) is 0. The van der Waals surface area contributed by atoms with Gasteiger partial charge in [-0.25, -0.2) is 4.39 Å². The summed E-state index contributed by atoms with van der Waals surface area (Å²) in [6, 6.07) is 7.28. The second-order valence-corrected chi connectivity index (χ2v) is 7.32. The van der Waals surface area contributed by atoms with E-state index in [2.05, 4.69) is 36.3 Å². The number of rotatable bonds is 9. The average molecular weight is 379 g/mol. The van der Waals surface area contributed by atoms with E-state index in [1.54, 1.807) is 12.1 Å². The Morgan fingerprint density at radius 1 is 1.22 bits per heavy atom. The molecule has 0 spiro atoms. The average Bonchev–Trinajstić information content (AvgIpc) is 2.66. The molecule has 1 aliphatic heterocycles. The van der Waals surface area contributed by atoms with Gasteiger partial charge in [0.2, 0.25) is 0 Å². The minimum atomic E-state index is -0.241. The van der Waals surface area contributed by atoms with Gasteiger partial charge >= 0.3 is 0 Å². The largest absolute Gasteiger partial charge is 0.494 e. The number of hydrogen-bond donors (Lipinski definition) is 2. The van der Waals surface area contributed by atoms with E-state index in [4.69, 9.17) is 9.73 Å². The predicted molar refractivity (Wildman–Crippen MR) is 110 cm³/mol. The molecule has 0 unspecified atom stereocenters. The van der Waals surface area contributed by atoms with Crippen molar-refractivity contribution < 1.29 is 9.13 Å². The fourth-order valence-electron chi connectivity index (χ4n) is 3.20. The highest BCUT2D eigenvalue weighted by atomic mass is 19.1. The molecule has 1 heterocycles. The number of nitrogens with zero attached hydrogens (tertiary/aromatic N) is 2. The number of likely N-dealkylation sites (tertiary alicyclic amines) is 1. The van der Waals surface area contributed by atoms with E-state index in [-0.39, 0.29) is 5.82 Å². The zero-order chi connectivity index (χ0) is 19.5. The SMILES string of the molecule is CCNC(=NCCCCOc1ccc(F)cc1)NC1CCN(C(C)C)CC1. The van der Waals surface area contributed by atoms with Crippen LogP contribution in [0.1, 0.15) is 46.5 Å². The standard InChI is InChI=1S/C21H35FN4O/c1-4-23-21(25-19-11-14-26(15-12-19)17(2)3)24-13-5-6-16-27-20-9-7-18(22)8-10-20/h7-10,17,19H,4-6,11-16H2,1-3H3,(H2,23,24,25). The minimum absolute atomic E-state index is 0.241. The third-order valence-corrected chi connectivity index (χ3v) is 4.85. The summed E-state index contributed by atoms with van der Waals surface area (Å²) in [5.74, 6) is 1.39. The van der Waals surface area contributed by atoms with Crippen molar-refractivity contribution in [2.75, 3.05) is 32.8 Å². The topological polar surface area (TPSA) is 48.9 Å². The molecule has 0 amide bonds. The second-order valence-electron chi connectivity index (χ2n) is 7.32. The van der Waals surface area contributed by atoms with Gasteiger partial charge < -0.3 is 20.3 Å². The molecule has 0 bridgehead atoms. The lowest BCUT2D eigenvalue weighted by atomic mass is 10.0. The molecule has 1 aliphatic rings. The van der Waals surface area contributed by atoms with Gasteiger partial charge in [0.05, 0.1) is 6.61 Å². The smallest absolute Gasteiger partial charge is 0.191 e. The zero-order valence-electron chi connectivity index (χ0n) is 17.0. The van der Waals surface area contributed by atoms with Crippen LogP contribution in [0.5, 0.6) is 5.75 Å². The molecule has 0 aliphatic carbocycles. The Labute approximate surface area is 163 Å². The van der Waals surface area contributed by atoms with Crippen LogP contribution in [0.25, 0.3) is 0 Å². The lowest BCUT2D eigenvalue weighted by molar-refractivity contribution is 0.167. The van der Waals surface area contributed by atoms with Gasteiger partial charge in [0.15, 0.2) is 5.96 Å². The summed E-state index contributed by atoms with van der Waals surface area (Å²) in [4.78, 5) is 7.22.